The van der Waals surface area contributed by atoms with Gasteiger partial charge in [-0.1, -0.05) is 18.1 Å². The van der Waals surface area contributed by atoms with Gasteiger partial charge in [-0.15, -0.1) is 6.42 Å². The Kier molecular flexibility index (Phi) is 5.18. The van der Waals surface area contributed by atoms with Crippen LogP contribution >= 0.6 is 0 Å². The second-order valence-corrected chi connectivity index (χ2v) is 6.96. The van der Waals surface area contributed by atoms with Crippen LogP contribution in [0.5, 0.6) is 0 Å². The fraction of sp³-hybridized carbons (Fsp3) is 0.474. The van der Waals surface area contributed by atoms with Crippen molar-refractivity contribution in [1.29, 1.82) is 0 Å². The number of amides is 2. The van der Waals surface area contributed by atoms with Crippen molar-refractivity contribution in [3.8, 4) is 12.3 Å². The zero-order valence-electron chi connectivity index (χ0n) is 14.7. The van der Waals surface area contributed by atoms with E-state index in [9.17, 15) is 9.59 Å². The second-order valence-electron chi connectivity index (χ2n) is 6.96. The summed E-state index contributed by atoms with van der Waals surface area (Å²) < 4.78 is 5.40. The lowest BCUT2D eigenvalue weighted by atomic mass is 10.0. The van der Waals surface area contributed by atoms with E-state index in [4.69, 9.17) is 11.2 Å². The number of nitrogens with zero attached hydrogens (tertiary/aromatic N) is 2. The van der Waals surface area contributed by atoms with Gasteiger partial charge in [-0.2, -0.15) is 0 Å². The molecule has 0 saturated carbocycles. The van der Waals surface area contributed by atoms with Gasteiger partial charge in [-0.3, -0.25) is 4.79 Å². The highest BCUT2D eigenvalue weighted by molar-refractivity contribution is 5.97. The SMILES string of the molecule is C#Cc1ccccc1C(=O)N1CCN(C(=O)OC(C)(C)C)CC1C. The summed E-state index contributed by atoms with van der Waals surface area (Å²) in [5.74, 6) is 2.45. The van der Waals surface area contributed by atoms with E-state index in [1.54, 1.807) is 28.0 Å². The molecule has 1 fully saturated rings. The summed E-state index contributed by atoms with van der Waals surface area (Å²) in [6, 6.07) is 7.01. The van der Waals surface area contributed by atoms with E-state index in [0.29, 0.717) is 30.8 Å². The van der Waals surface area contributed by atoms with Gasteiger partial charge in [0.05, 0.1) is 5.56 Å². The number of rotatable bonds is 1. The van der Waals surface area contributed by atoms with Crippen LogP contribution in [-0.4, -0.2) is 53.1 Å². The van der Waals surface area contributed by atoms with Crippen molar-refractivity contribution in [3.63, 3.8) is 0 Å². The summed E-state index contributed by atoms with van der Waals surface area (Å²) in [4.78, 5) is 28.4. The van der Waals surface area contributed by atoms with Crippen LogP contribution in [0.4, 0.5) is 4.79 Å². The van der Waals surface area contributed by atoms with Crippen LogP contribution in [0.3, 0.4) is 0 Å². The molecule has 1 aliphatic heterocycles. The summed E-state index contributed by atoms with van der Waals surface area (Å²) in [7, 11) is 0. The smallest absolute Gasteiger partial charge is 0.410 e. The molecule has 2 amide bonds. The molecule has 1 aromatic carbocycles. The zero-order valence-corrected chi connectivity index (χ0v) is 14.7. The maximum absolute atomic E-state index is 12.8. The number of carbonyl (C=O) groups excluding carboxylic acids is 2. The second kappa shape index (κ2) is 6.96. The third-order valence-corrected chi connectivity index (χ3v) is 3.85. The Morgan fingerprint density at radius 3 is 2.50 bits per heavy atom. The molecule has 1 heterocycles. The van der Waals surface area contributed by atoms with E-state index in [-0.39, 0.29) is 18.0 Å². The highest BCUT2D eigenvalue weighted by Gasteiger charge is 2.32. The van der Waals surface area contributed by atoms with Gasteiger partial charge in [-0.25, -0.2) is 4.79 Å². The highest BCUT2D eigenvalue weighted by atomic mass is 16.6. The minimum atomic E-state index is -0.529. The molecule has 1 aliphatic rings. The number of terminal acetylenes is 1. The number of hydrogen-bond acceptors (Lipinski definition) is 3. The first-order valence-electron chi connectivity index (χ1n) is 8.07. The van der Waals surface area contributed by atoms with Crippen molar-refractivity contribution < 1.29 is 14.3 Å². The molecule has 2 rings (SSSR count). The fourth-order valence-corrected chi connectivity index (χ4v) is 2.70. The Bertz CT molecular complexity index is 670. The quantitative estimate of drug-likeness (QED) is 0.745. The molecule has 128 valence electrons. The molecule has 5 heteroatoms. The summed E-state index contributed by atoms with van der Waals surface area (Å²) in [5.41, 5.74) is 0.584. The normalized spacial score (nSPS) is 18.0. The molecule has 1 aromatic rings. The van der Waals surface area contributed by atoms with Crippen LogP contribution in [0.2, 0.25) is 0 Å². The number of carbonyl (C=O) groups is 2. The van der Waals surface area contributed by atoms with Gasteiger partial charge in [0.15, 0.2) is 0 Å². The predicted octanol–water partition coefficient (Wildman–Crippen LogP) is 2.75. The lowest BCUT2D eigenvalue weighted by Crippen LogP contribution is -2.56. The van der Waals surface area contributed by atoms with Gasteiger partial charge >= 0.3 is 6.09 Å². The van der Waals surface area contributed by atoms with Crippen molar-refractivity contribution in [2.75, 3.05) is 19.6 Å². The molecule has 1 saturated heterocycles. The molecule has 0 spiro atoms. The molecule has 0 aliphatic carbocycles. The largest absolute Gasteiger partial charge is 0.444 e. The number of piperazine rings is 1. The third-order valence-electron chi connectivity index (χ3n) is 3.85. The molecule has 24 heavy (non-hydrogen) atoms. The lowest BCUT2D eigenvalue weighted by molar-refractivity contribution is 0.00616. The average Bonchev–Trinajstić information content (AvgIpc) is 2.52. The number of hydrogen-bond donors (Lipinski definition) is 0. The van der Waals surface area contributed by atoms with E-state index in [1.807, 2.05) is 33.8 Å². The average molecular weight is 328 g/mol. The van der Waals surface area contributed by atoms with Crippen molar-refractivity contribution >= 4 is 12.0 Å². The van der Waals surface area contributed by atoms with Gasteiger partial charge in [0, 0.05) is 31.2 Å². The van der Waals surface area contributed by atoms with Gasteiger partial charge in [0.25, 0.3) is 5.91 Å². The first-order valence-corrected chi connectivity index (χ1v) is 8.07. The van der Waals surface area contributed by atoms with Crippen molar-refractivity contribution in [1.82, 2.24) is 9.80 Å². The standard InChI is InChI=1S/C19H24N2O3/c1-6-15-9-7-8-10-16(15)17(22)21-12-11-20(13-14(21)2)18(23)24-19(3,4)5/h1,7-10,14H,11-13H2,2-5H3. The van der Waals surface area contributed by atoms with Crippen LogP contribution < -0.4 is 0 Å². The van der Waals surface area contributed by atoms with Gasteiger partial charge in [0.1, 0.15) is 5.60 Å². The maximum Gasteiger partial charge on any atom is 0.410 e. The first kappa shape index (κ1) is 17.9. The predicted molar refractivity (Wildman–Crippen MR) is 92.7 cm³/mol. The van der Waals surface area contributed by atoms with Gasteiger partial charge in [0.2, 0.25) is 0 Å². The van der Waals surface area contributed by atoms with Crippen LogP contribution in [-0.2, 0) is 4.74 Å². The summed E-state index contributed by atoms with van der Waals surface area (Å²) in [6.45, 7) is 8.79. The van der Waals surface area contributed by atoms with Crippen molar-refractivity contribution in [2.45, 2.75) is 39.3 Å². The Morgan fingerprint density at radius 2 is 1.92 bits per heavy atom. The first-order chi connectivity index (χ1) is 11.2. The summed E-state index contributed by atoms with van der Waals surface area (Å²) >= 11 is 0. The van der Waals surface area contributed by atoms with E-state index >= 15 is 0 Å². The maximum atomic E-state index is 12.8. The monoisotopic (exact) mass is 328 g/mol. The Labute approximate surface area is 143 Å². The van der Waals surface area contributed by atoms with Gasteiger partial charge < -0.3 is 14.5 Å². The van der Waals surface area contributed by atoms with Crippen LogP contribution in [0.25, 0.3) is 0 Å². The molecular formula is C19H24N2O3. The molecule has 1 atom stereocenters. The van der Waals surface area contributed by atoms with E-state index in [2.05, 4.69) is 5.92 Å². The van der Waals surface area contributed by atoms with Crippen LogP contribution in [0.1, 0.15) is 43.6 Å². The molecule has 0 radical (unpaired) electrons. The van der Waals surface area contributed by atoms with E-state index in [0.717, 1.165) is 0 Å². The Balaban J connectivity index is 2.07. The molecule has 0 N–H and O–H groups in total. The topological polar surface area (TPSA) is 49.9 Å². The highest BCUT2D eigenvalue weighted by Crippen LogP contribution is 2.18. The minimum Gasteiger partial charge on any atom is -0.444 e. The van der Waals surface area contributed by atoms with Gasteiger partial charge in [-0.05, 0) is 39.8 Å². The number of benzene rings is 1. The Hall–Kier alpha value is -2.48. The summed E-state index contributed by atoms with van der Waals surface area (Å²) in [5, 5.41) is 0. The lowest BCUT2D eigenvalue weighted by Gasteiger charge is -2.40. The molecule has 0 bridgehead atoms. The fourth-order valence-electron chi connectivity index (χ4n) is 2.70. The van der Waals surface area contributed by atoms with E-state index < -0.39 is 5.60 Å². The van der Waals surface area contributed by atoms with E-state index in [1.165, 1.54) is 0 Å². The van der Waals surface area contributed by atoms with Crippen molar-refractivity contribution in [2.24, 2.45) is 0 Å². The molecule has 5 nitrogen and oxygen atoms in total. The molecular weight excluding hydrogens is 304 g/mol. The zero-order chi connectivity index (χ0) is 17.9. The minimum absolute atomic E-state index is 0.0973. The van der Waals surface area contributed by atoms with Crippen LogP contribution in [0.15, 0.2) is 24.3 Å². The Morgan fingerprint density at radius 1 is 1.25 bits per heavy atom. The van der Waals surface area contributed by atoms with Crippen LogP contribution in [0, 0.1) is 12.3 Å². The summed E-state index contributed by atoms with van der Waals surface area (Å²) in [6.07, 6.45) is 5.14. The molecule has 1 unspecified atom stereocenters. The molecule has 0 aromatic heterocycles. The number of ether oxygens (including phenoxy) is 1. The van der Waals surface area contributed by atoms with Crippen molar-refractivity contribution in [3.05, 3.63) is 35.4 Å². The third kappa shape index (κ3) is 4.08.